The van der Waals surface area contributed by atoms with E-state index in [1.807, 2.05) is 0 Å². The molecule has 4 aromatic rings. The van der Waals surface area contributed by atoms with Crippen LogP contribution in [0.2, 0.25) is 0 Å². The van der Waals surface area contributed by atoms with Crippen LogP contribution >= 0.6 is 6.72 Å². The van der Waals surface area contributed by atoms with Crippen LogP contribution in [0.3, 0.4) is 0 Å². The highest BCUT2D eigenvalue weighted by molar-refractivity contribution is 8.07. The van der Waals surface area contributed by atoms with Crippen LogP contribution in [-0.2, 0) is 30.3 Å². The van der Waals surface area contributed by atoms with E-state index in [1.54, 1.807) is 0 Å². The molecule has 6 heterocycles. The topological polar surface area (TPSA) is 277 Å². The van der Waals surface area contributed by atoms with Crippen LogP contribution in [0.25, 0.3) is 22.3 Å². The smallest absolute Gasteiger partial charge is 0.325 e. The van der Waals surface area contributed by atoms with Gasteiger partial charge in [-0.2, -0.15) is 14.3 Å². The Balaban J connectivity index is 1.19. The van der Waals surface area contributed by atoms with Gasteiger partial charge in [-0.15, -0.1) is 10.2 Å². The first-order valence-corrected chi connectivity index (χ1v) is 14.5. The minimum Gasteiger partial charge on any atom is -0.394 e. The molecule has 7 N–H and O–H groups in total. The van der Waals surface area contributed by atoms with Gasteiger partial charge in [-0.1, -0.05) is 10.4 Å². The summed E-state index contributed by atoms with van der Waals surface area (Å²) in [5, 5.41) is 34.7. The van der Waals surface area contributed by atoms with E-state index in [4.69, 9.17) is 36.1 Å². The van der Waals surface area contributed by atoms with E-state index in [-0.39, 0.29) is 28.3 Å². The number of nitrogens with two attached hydrogens (primary N) is 1. The number of nitrogens with one attached hydrogen (secondary N) is 2. The summed E-state index contributed by atoms with van der Waals surface area (Å²) in [5.74, 6) is -0.307. The van der Waals surface area contributed by atoms with Gasteiger partial charge in [-0.3, -0.25) is 19.1 Å². The van der Waals surface area contributed by atoms with Crippen molar-refractivity contribution in [3.05, 3.63) is 27.0 Å². The average Bonchev–Trinajstić information content (AvgIpc) is 3.69. The second-order valence-corrected chi connectivity index (χ2v) is 11.9. The Morgan fingerprint density at radius 3 is 2.45 bits per heavy atom. The van der Waals surface area contributed by atoms with E-state index in [0.717, 1.165) is 15.7 Å². The summed E-state index contributed by atoms with van der Waals surface area (Å²) in [7, 11) is 0. The van der Waals surface area contributed by atoms with Gasteiger partial charge in [0.2, 0.25) is 5.95 Å². The number of aliphatic hydroxyl groups is 2. The lowest BCUT2D eigenvalue weighted by atomic mass is 10.1. The molecule has 20 nitrogen and oxygen atoms in total. The molecular formula is C18H20F2N11O9PS. The van der Waals surface area contributed by atoms with Gasteiger partial charge in [0.15, 0.2) is 47.1 Å². The van der Waals surface area contributed by atoms with Crippen molar-refractivity contribution < 1.29 is 42.4 Å². The molecule has 1 unspecified atom stereocenters. The predicted octanol–water partition coefficient (Wildman–Crippen LogP) is -2.93. The van der Waals surface area contributed by atoms with Crippen molar-refractivity contribution in [1.29, 1.82) is 0 Å². The maximum absolute atomic E-state index is 15.3. The number of hydrogen-bond donors (Lipinski definition) is 6. The fourth-order valence-electron chi connectivity index (χ4n) is 4.52. The summed E-state index contributed by atoms with van der Waals surface area (Å²) in [6.45, 7) is -5.95. The lowest BCUT2D eigenvalue weighted by Crippen LogP contribution is -2.33. The third-order valence-corrected chi connectivity index (χ3v) is 8.06. The summed E-state index contributed by atoms with van der Waals surface area (Å²) < 4.78 is 53.6. The summed E-state index contributed by atoms with van der Waals surface area (Å²) in [6.07, 6.45) is -12.8. The first-order chi connectivity index (χ1) is 20.0. The fourth-order valence-corrected chi connectivity index (χ4v) is 5.92. The Morgan fingerprint density at radius 2 is 1.74 bits per heavy atom. The average molecular weight is 635 g/mol. The zero-order chi connectivity index (χ0) is 29.9. The monoisotopic (exact) mass is 635 g/mol. The number of aromatic amines is 2. The zero-order valence-corrected chi connectivity index (χ0v) is 22.4. The van der Waals surface area contributed by atoms with Crippen LogP contribution in [0.5, 0.6) is 0 Å². The predicted molar refractivity (Wildman–Crippen MR) is 134 cm³/mol. The van der Waals surface area contributed by atoms with Crippen LogP contribution in [0.15, 0.2) is 15.9 Å². The molecule has 2 saturated heterocycles. The zero-order valence-electron chi connectivity index (χ0n) is 20.7. The number of rotatable bonds is 8. The number of ether oxygens (including phenoxy) is 2. The largest absolute Gasteiger partial charge is 0.394 e. The van der Waals surface area contributed by atoms with Gasteiger partial charge >= 0.3 is 6.72 Å². The summed E-state index contributed by atoms with van der Waals surface area (Å²) in [4.78, 5) is 47.1. The SMILES string of the molecule is Nc1nc2c(nnn2[C@@H]2O[C@H](CO)[C@@H](F)[C@H]2OP(O)(=S)OC[C@H]2O[C@@H](n3nnc4c(=O)[nH]cnc43)[C@@H](F)[C@@H]2O)c(=O)[nH]1. The summed E-state index contributed by atoms with van der Waals surface area (Å²) in [5.41, 5.74) is 3.41. The van der Waals surface area contributed by atoms with E-state index < -0.39 is 80.3 Å². The number of aromatic nitrogens is 10. The molecule has 226 valence electrons. The molecule has 4 aromatic heterocycles. The van der Waals surface area contributed by atoms with Gasteiger partial charge < -0.3 is 39.8 Å². The van der Waals surface area contributed by atoms with Gasteiger partial charge in [0, 0.05) is 0 Å². The Labute approximate surface area is 234 Å². The van der Waals surface area contributed by atoms with Crippen molar-refractivity contribution in [3.63, 3.8) is 0 Å². The highest BCUT2D eigenvalue weighted by atomic mass is 32.5. The lowest BCUT2D eigenvalue weighted by molar-refractivity contribution is -0.0611. The maximum Gasteiger partial charge on any atom is 0.325 e. The number of alkyl halides is 2. The summed E-state index contributed by atoms with van der Waals surface area (Å²) >= 11 is 5.01. The molecular weight excluding hydrogens is 615 g/mol. The molecule has 24 heteroatoms. The molecule has 2 aliphatic heterocycles. The van der Waals surface area contributed by atoms with Crippen LogP contribution in [0.4, 0.5) is 14.7 Å². The Hall–Kier alpha value is -3.41. The molecule has 6 rings (SSSR count). The van der Waals surface area contributed by atoms with Crippen molar-refractivity contribution >= 4 is 46.8 Å². The molecule has 0 bridgehead atoms. The molecule has 42 heavy (non-hydrogen) atoms. The minimum atomic E-state index is -4.41. The van der Waals surface area contributed by atoms with E-state index >= 15 is 8.78 Å². The highest BCUT2D eigenvalue weighted by Crippen LogP contribution is 2.50. The number of anilines is 1. The first kappa shape index (κ1) is 28.7. The quantitative estimate of drug-likeness (QED) is 0.106. The number of hydrogen-bond acceptors (Lipinski definition) is 16. The molecule has 0 saturated carbocycles. The molecule has 0 aliphatic carbocycles. The van der Waals surface area contributed by atoms with Crippen molar-refractivity contribution in [2.45, 2.75) is 49.2 Å². The van der Waals surface area contributed by atoms with E-state index in [0.29, 0.717) is 0 Å². The van der Waals surface area contributed by atoms with Gasteiger partial charge in [0.1, 0.15) is 24.4 Å². The van der Waals surface area contributed by atoms with Crippen molar-refractivity contribution in [3.8, 4) is 0 Å². The fraction of sp³-hybridized carbons (Fsp3) is 0.556. The van der Waals surface area contributed by atoms with Crippen LogP contribution < -0.4 is 16.9 Å². The minimum absolute atomic E-state index is 0.116. The second-order valence-electron chi connectivity index (χ2n) is 9.12. The number of H-pyrrole nitrogens is 2. The third-order valence-electron chi connectivity index (χ3n) is 6.50. The normalized spacial score (nSPS) is 31.3. The number of aliphatic hydroxyl groups excluding tert-OH is 2. The Morgan fingerprint density at radius 1 is 1.07 bits per heavy atom. The molecule has 2 aliphatic rings. The molecule has 0 aromatic carbocycles. The standard InChI is InChI=1S/C18H20F2N11O9PS/c19-6-4(1-32)38-17(31-13-9(27-29-31)15(35)25-18(21)24-13)11(6)40-41(36,42)37-2-5-10(33)7(20)16(39-5)30-12-8(26-28-30)14(34)23-3-22-12/h3-7,10-11,16-17,32-33H,1-2H2,(H,36,42)(H,22,23,34)(H3,21,24,25,35)/t4-,5-,6-,7+,10-,11-,16-,17-,41?/m1/s1. The van der Waals surface area contributed by atoms with Crippen molar-refractivity contribution in [2.75, 3.05) is 18.9 Å². The van der Waals surface area contributed by atoms with Gasteiger partial charge in [0.05, 0.1) is 19.5 Å². The molecule has 0 radical (unpaired) electrons. The molecule has 9 atom stereocenters. The van der Waals surface area contributed by atoms with Crippen LogP contribution in [-0.4, -0.2) is 115 Å². The third kappa shape index (κ3) is 4.87. The lowest BCUT2D eigenvalue weighted by Gasteiger charge is -2.25. The van der Waals surface area contributed by atoms with E-state index in [2.05, 4.69) is 40.6 Å². The number of nitrogens with zero attached hydrogens (tertiary/aromatic N) is 8. The molecule has 0 spiro atoms. The molecule has 0 amide bonds. The van der Waals surface area contributed by atoms with Crippen molar-refractivity contribution in [1.82, 2.24) is 49.9 Å². The van der Waals surface area contributed by atoms with E-state index in [1.165, 1.54) is 0 Å². The maximum atomic E-state index is 15.3. The Bertz CT molecular complexity index is 1800. The van der Waals surface area contributed by atoms with E-state index in [9.17, 15) is 24.7 Å². The first-order valence-electron chi connectivity index (χ1n) is 11.9. The highest BCUT2D eigenvalue weighted by Gasteiger charge is 2.51. The summed E-state index contributed by atoms with van der Waals surface area (Å²) in [6, 6.07) is 0. The Kier molecular flexibility index (Phi) is 7.31. The van der Waals surface area contributed by atoms with Crippen LogP contribution in [0, 0.1) is 0 Å². The number of fused-ring (bicyclic) bond motifs is 2. The van der Waals surface area contributed by atoms with Crippen LogP contribution in [0.1, 0.15) is 12.5 Å². The van der Waals surface area contributed by atoms with Crippen molar-refractivity contribution in [2.24, 2.45) is 0 Å². The van der Waals surface area contributed by atoms with Gasteiger partial charge in [0.25, 0.3) is 11.1 Å². The number of halogens is 2. The second kappa shape index (κ2) is 10.7. The molecule has 2 fully saturated rings. The van der Waals surface area contributed by atoms with Gasteiger partial charge in [-0.05, 0) is 11.8 Å². The van der Waals surface area contributed by atoms with Gasteiger partial charge in [-0.25, -0.2) is 13.8 Å². The number of nitrogen functional groups attached to an aromatic ring is 1.